The van der Waals surface area contributed by atoms with E-state index in [4.69, 9.17) is 4.74 Å². The van der Waals surface area contributed by atoms with Gasteiger partial charge in [-0.25, -0.2) is 0 Å². The number of hydrogen-bond donors (Lipinski definition) is 3. The van der Waals surface area contributed by atoms with E-state index in [0.29, 0.717) is 11.4 Å². The van der Waals surface area contributed by atoms with E-state index in [-0.39, 0.29) is 30.9 Å². The molecule has 1 unspecified atom stereocenters. The summed E-state index contributed by atoms with van der Waals surface area (Å²) in [5.74, 6) is 0.0916. The zero-order valence-electron chi connectivity index (χ0n) is 16.8. The number of piperazine rings is 1. The van der Waals surface area contributed by atoms with Crippen molar-refractivity contribution >= 4 is 17.5 Å². The largest absolute Gasteiger partial charge is 0.495 e. The number of hydrogen-bond acceptors (Lipinski definition) is 6. The highest BCUT2D eigenvalue weighted by molar-refractivity contribution is 5.96. The first-order valence-corrected chi connectivity index (χ1v) is 9.62. The number of rotatable bonds is 7. The van der Waals surface area contributed by atoms with Gasteiger partial charge in [0, 0.05) is 38.1 Å². The highest BCUT2D eigenvalue weighted by Crippen LogP contribution is 2.25. The summed E-state index contributed by atoms with van der Waals surface area (Å²) in [6.45, 7) is 4.38. The van der Waals surface area contributed by atoms with Crippen LogP contribution in [-0.2, 0) is 9.59 Å². The Morgan fingerprint density at radius 2 is 2.17 bits per heavy atom. The van der Waals surface area contributed by atoms with Gasteiger partial charge in [0.25, 0.3) is 0 Å². The summed E-state index contributed by atoms with van der Waals surface area (Å²) in [6.07, 6.45) is 3.56. The van der Waals surface area contributed by atoms with Gasteiger partial charge in [-0.15, -0.1) is 0 Å². The fourth-order valence-corrected chi connectivity index (χ4v) is 3.37. The summed E-state index contributed by atoms with van der Waals surface area (Å²) in [5.41, 5.74) is 2.66. The summed E-state index contributed by atoms with van der Waals surface area (Å²) in [4.78, 5) is 31.0. The number of carbonyl (C=O) groups is 2. The van der Waals surface area contributed by atoms with Gasteiger partial charge in [0.2, 0.25) is 11.8 Å². The Kier molecular flexibility index (Phi) is 7.15. The van der Waals surface area contributed by atoms with Crippen LogP contribution in [0.15, 0.2) is 42.7 Å². The first-order valence-electron chi connectivity index (χ1n) is 9.62. The van der Waals surface area contributed by atoms with Crippen molar-refractivity contribution in [2.45, 2.75) is 13.0 Å². The van der Waals surface area contributed by atoms with Gasteiger partial charge in [-0.2, -0.15) is 0 Å². The van der Waals surface area contributed by atoms with Crippen molar-refractivity contribution in [3.63, 3.8) is 0 Å². The van der Waals surface area contributed by atoms with E-state index in [2.05, 4.69) is 25.8 Å². The maximum absolute atomic E-state index is 12.4. The van der Waals surface area contributed by atoms with Gasteiger partial charge in [-0.05, 0) is 36.2 Å². The van der Waals surface area contributed by atoms with Crippen LogP contribution in [0.25, 0.3) is 0 Å². The predicted molar refractivity (Wildman–Crippen MR) is 111 cm³/mol. The topological polar surface area (TPSA) is 95.6 Å². The molecule has 2 aromatic rings. The molecule has 1 aromatic carbocycles. The number of carbonyl (C=O) groups excluding carboxylic acids is 2. The van der Waals surface area contributed by atoms with Crippen molar-refractivity contribution in [3.8, 4) is 5.75 Å². The van der Waals surface area contributed by atoms with Crippen LogP contribution in [-0.4, -0.2) is 61.5 Å². The van der Waals surface area contributed by atoms with E-state index in [1.54, 1.807) is 19.4 Å². The Morgan fingerprint density at radius 1 is 1.31 bits per heavy atom. The van der Waals surface area contributed by atoms with Crippen LogP contribution in [0.2, 0.25) is 0 Å². The van der Waals surface area contributed by atoms with E-state index in [1.165, 1.54) is 0 Å². The van der Waals surface area contributed by atoms with Crippen LogP contribution in [0.5, 0.6) is 5.75 Å². The monoisotopic (exact) mass is 397 g/mol. The number of aromatic nitrogens is 1. The molecule has 1 fully saturated rings. The van der Waals surface area contributed by atoms with E-state index >= 15 is 0 Å². The normalized spacial score (nSPS) is 16.8. The van der Waals surface area contributed by atoms with Crippen molar-refractivity contribution < 1.29 is 14.3 Å². The lowest BCUT2D eigenvalue weighted by atomic mass is 10.1. The fraction of sp³-hybridized carbons (Fsp3) is 0.381. The molecular formula is C21H27N5O3. The standard InChI is InChI=1S/C21H27N5O3/c1-15-5-6-19(29-2)17(10-15)25-20(27)13-24-21(28)14-26-9-8-23-12-18(26)16-4-3-7-22-11-16/h3-7,10-11,18,23H,8-9,12-14H2,1-2H3,(H,24,28)(H,25,27). The first kappa shape index (κ1) is 20.8. The molecule has 8 nitrogen and oxygen atoms in total. The zero-order valence-corrected chi connectivity index (χ0v) is 16.8. The molecule has 3 rings (SSSR count). The van der Waals surface area contributed by atoms with Crippen LogP contribution in [0, 0.1) is 6.92 Å². The average molecular weight is 397 g/mol. The van der Waals surface area contributed by atoms with Crippen LogP contribution in [0.1, 0.15) is 17.2 Å². The summed E-state index contributed by atoms with van der Waals surface area (Å²) in [6, 6.07) is 9.52. The van der Waals surface area contributed by atoms with Crippen LogP contribution in [0.3, 0.4) is 0 Å². The number of amides is 2. The van der Waals surface area contributed by atoms with Gasteiger partial charge in [0.1, 0.15) is 5.75 Å². The first-order chi connectivity index (χ1) is 14.1. The summed E-state index contributed by atoms with van der Waals surface area (Å²) in [5, 5.41) is 8.84. The maximum atomic E-state index is 12.4. The number of pyridine rings is 1. The summed E-state index contributed by atoms with van der Waals surface area (Å²) in [7, 11) is 1.55. The Hall–Kier alpha value is -2.97. The molecule has 8 heteroatoms. The van der Waals surface area contributed by atoms with E-state index in [9.17, 15) is 9.59 Å². The van der Waals surface area contributed by atoms with Crippen molar-refractivity contribution in [2.24, 2.45) is 0 Å². The highest BCUT2D eigenvalue weighted by atomic mass is 16.5. The molecular weight excluding hydrogens is 370 g/mol. The number of nitrogens with zero attached hydrogens (tertiary/aromatic N) is 2. The number of nitrogens with one attached hydrogen (secondary N) is 3. The maximum Gasteiger partial charge on any atom is 0.243 e. The second-order valence-corrected chi connectivity index (χ2v) is 7.01. The SMILES string of the molecule is COc1ccc(C)cc1NC(=O)CNC(=O)CN1CCNCC1c1cccnc1. The summed E-state index contributed by atoms with van der Waals surface area (Å²) < 4.78 is 5.26. The number of ether oxygens (including phenoxy) is 1. The Balaban J connectivity index is 1.52. The molecule has 0 radical (unpaired) electrons. The van der Waals surface area contributed by atoms with Gasteiger partial charge in [-0.1, -0.05) is 12.1 Å². The highest BCUT2D eigenvalue weighted by Gasteiger charge is 2.25. The van der Waals surface area contributed by atoms with Crippen molar-refractivity contribution in [3.05, 3.63) is 53.9 Å². The van der Waals surface area contributed by atoms with E-state index < -0.39 is 0 Å². The van der Waals surface area contributed by atoms with Gasteiger partial charge in [0.05, 0.1) is 25.9 Å². The van der Waals surface area contributed by atoms with E-state index in [1.807, 2.05) is 37.4 Å². The predicted octanol–water partition coefficient (Wildman–Crippen LogP) is 1.10. The third kappa shape index (κ3) is 5.75. The number of aryl methyl sites for hydroxylation is 1. The van der Waals surface area contributed by atoms with Crippen molar-refractivity contribution in [2.75, 3.05) is 45.2 Å². The second kappa shape index (κ2) is 9.99. The molecule has 1 aromatic heterocycles. The van der Waals surface area contributed by atoms with Crippen molar-refractivity contribution in [1.82, 2.24) is 20.5 Å². The van der Waals surface area contributed by atoms with Gasteiger partial charge < -0.3 is 20.7 Å². The Labute approximate surface area is 170 Å². The zero-order chi connectivity index (χ0) is 20.6. The Morgan fingerprint density at radius 3 is 2.93 bits per heavy atom. The Bertz CT molecular complexity index is 843. The molecule has 1 atom stereocenters. The minimum absolute atomic E-state index is 0.0774. The lowest BCUT2D eigenvalue weighted by molar-refractivity contribution is -0.125. The molecule has 0 saturated carbocycles. The average Bonchev–Trinajstić information content (AvgIpc) is 2.73. The molecule has 3 N–H and O–H groups in total. The van der Waals surface area contributed by atoms with Crippen molar-refractivity contribution in [1.29, 1.82) is 0 Å². The molecule has 154 valence electrons. The molecule has 0 spiro atoms. The fourth-order valence-electron chi connectivity index (χ4n) is 3.37. The quantitative estimate of drug-likeness (QED) is 0.648. The van der Waals surface area contributed by atoms with Crippen LogP contribution >= 0.6 is 0 Å². The van der Waals surface area contributed by atoms with E-state index in [0.717, 1.165) is 30.8 Å². The summed E-state index contributed by atoms with van der Waals surface area (Å²) >= 11 is 0. The number of benzene rings is 1. The third-order valence-corrected chi connectivity index (χ3v) is 4.85. The number of methoxy groups -OCH3 is 1. The van der Waals surface area contributed by atoms with Gasteiger partial charge in [-0.3, -0.25) is 19.5 Å². The molecule has 1 aliphatic heterocycles. The molecule has 1 aliphatic rings. The molecule has 1 saturated heterocycles. The smallest absolute Gasteiger partial charge is 0.243 e. The molecule has 29 heavy (non-hydrogen) atoms. The molecule has 2 amide bonds. The van der Waals surface area contributed by atoms with Gasteiger partial charge in [0.15, 0.2) is 0 Å². The number of anilines is 1. The third-order valence-electron chi connectivity index (χ3n) is 4.85. The minimum Gasteiger partial charge on any atom is -0.495 e. The molecule has 0 aliphatic carbocycles. The lowest BCUT2D eigenvalue weighted by Crippen LogP contribution is -2.50. The van der Waals surface area contributed by atoms with Crippen LogP contribution < -0.4 is 20.7 Å². The second-order valence-electron chi connectivity index (χ2n) is 7.01. The minimum atomic E-state index is -0.300. The van der Waals surface area contributed by atoms with Gasteiger partial charge >= 0.3 is 0 Å². The molecule has 0 bridgehead atoms. The lowest BCUT2D eigenvalue weighted by Gasteiger charge is -2.35. The van der Waals surface area contributed by atoms with Crippen LogP contribution in [0.4, 0.5) is 5.69 Å². The molecule has 2 heterocycles.